The van der Waals surface area contributed by atoms with E-state index in [1.807, 2.05) is 23.1 Å². The molecule has 0 unspecified atom stereocenters. The first-order valence-corrected chi connectivity index (χ1v) is 15.9. The maximum absolute atomic E-state index is 13.4. The molecule has 218 valence electrons. The lowest BCUT2D eigenvalue weighted by atomic mass is 10.0. The predicted octanol–water partition coefficient (Wildman–Crippen LogP) is 5.55. The van der Waals surface area contributed by atoms with Gasteiger partial charge in [-0.1, -0.05) is 66.7 Å². The number of nitrogens with one attached hydrogen (secondary N) is 1. The average Bonchev–Trinajstić information content (AvgIpc) is 3.28. The molecule has 3 aromatic carbocycles. The van der Waals surface area contributed by atoms with Crippen LogP contribution in [-0.2, 0) is 15.3 Å². The summed E-state index contributed by atoms with van der Waals surface area (Å²) in [6.07, 6.45) is 4.39. The maximum atomic E-state index is 13.4. The summed E-state index contributed by atoms with van der Waals surface area (Å²) in [6.45, 7) is 1.74. The highest BCUT2D eigenvalue weighted by Gasteiger charge is 2.34. The van der Waals surface area contributed by atoms with Crippen molar-refractivity contribution in [1.82, 2.24) is 15.1 Å². The van der Waals surface area contributed by atoms with Crippen LogP contribution in [0.5, 0.6) is 0 Å². The van der Waals surface area contributed by atoms with Gasteiger partial charge in [0.1, 0.15) is 6.04 Å². The van der Waals surface area contributed by atoms with Crippen LogP contribution >= 0.6 is 11.8 Å². The molecule has 7 nitrogen and oxygen atoms in total. The molecule has 8 heteroatoms. The van der Waals surface area contributed by atoms with E-state index >= 15 is 0 Å². The van der Waals surface area contributed by atoms with Crippen LogP contribution in [0.3, 0.4) is 0 Å². The molecule has 42 heavy (non-hydrogen) atoms. The molecule has 0 aromatic heterocycles. The molecule has 1 saturated heterocycles. The van der Waals surface area contributed by atoms with Gasteiger partial charge in [-0.3, -0.25) is 24.1 Å². The van der Waals surface area contributed by atoms with E-state index in [0.717, 1.165) is 43.7 Å². The lowest BCUT2D eigenvalue weighted by molar-refractivity contribution is -0.136. The number of likely N-dealkylation sites (tertiary alicyclic amines) is 1. The van der Waals surface area contributed by atoms with Gasteiger partial charge in [-0.15, -0.1) is 0 Å². The SMILES string of the molecule is O=C(CCCCN1C(=O)c2ccccc2C1=O)N[C@@H](CSCc1ccc(-c2ccccc2)cc1)C(=O)N1CCCCC1. The second-order valence-corrected chi connectivity index (χ2v) is 11.9. The number of rotatable bonds is 12. The standard InChI is InChI=1S/C34H37N3O4S/c38-31(15-7-10-22-37-32(39)28-13-5-6-14-29(28)33(37)40)35-30(34(41)36-20-8-2-9-21-36)24-42-23-25-16-18-27(19-17-25)26-11-3-1-4-12-26/h1,3-6,11-14,16-19,30H,2,7-10,15,20-24H2,(H,35,38)/t30-/m0/s1. The van der Waals surface area contributed by atoms with Gasteiger partial charge >= 0.3 is 0 Å². The zero-order valence-corrected chi connectivity index (χ0v) is 24.6. The second kappa shape index (κ2) is 14.3. The highest BCUT2D eigenvalue weighted by Crippen LogP contribution is 2.24. The van der Waals surface area contributed by atoms with E-state index in [-0.39, 0.29) is 36.6 Å². The smallest absolute Gasteiger partial charge is 0.261 e. The van der Waals surface area contributed by atoms with Gasteiger partial charge in [-0.2, -0.15) is 11.8 Å². The molecule has 2 heterocycles. The average molecular weight is 584 g/mol. The lowest BCUT2D eigenvalue weighted by Crippen LogP contribution is -2.51. The van der Waals surface area contributed by atoms with Crippen LogP contribution in [0.2, 0.25) is 0 Å². The summed E-state index contributed by atoms with van der Waals surface area (Å²) in [4.78, 5) is 54.6. The minimum atomic E-state index is -0.583. The number of carbonyl (C=O) groups excluding carboxylic acids is 4. The van der Waals surface area contributed by atoms with Crippen LogP contribution in [0.1, 0.15) is 64.8 Å². The fourth-order valence-corrected chi connectivity index (χ4v) is 6.50. The van der Waals surface area contributed by atoms with E-state index in [4.69, 9.17) is 0 Å². The van der Waals surface area contributed by atoms with Crippen molar-refractivity contribution in [1.29, 1.82) is 0 Å². The number of amides is 4. The van der Waals surface area contributed by atoms with Gasteiger partial charge in [0.2, 0.25) is 11.8 Å². The molecular weight excluding hydrogens is 546 g/mol. The van der Waals surface area contributed by atoms with Crippen LogP contribution in [0.4, 0.5) is 0 Å². The summed E-state index contributed by atoms with van der Waals surface area (Å²) >= 11 is 1.65. The lowest BCUT2D eigenvalue weighted by Gasteiger charge is -2.30. The molecule has 0 aliphatic carbocycles. The van der Waals surface area contributed by atoms with E-state index in [9.17, 15) is 19.2 Å². The fourth-order valence-electron chi connectivity index (χ4n) is 5.49. The van der Waals surface area contributed by atoms with E-state index in [1.54, 1.807) is 36.0 Å². The Balaban J connectivity index is 1.11. The number of nitrogens with zero attached hydrogens (tertiary/aromatic N) is 2. The highest BCUT2D eigenvalue weighted by atomic mass is 32.2. The molecule has 0 bridgehead atoms. The second-order valence-electron chi connectivity index (χ2n) is 10.8. The van der Waals surface area contributed by atoms with Crippen molar-refractivity contribution in [3.05, 3.63) is 95.6 Å². The largest absolute Gasteiger partial charge is 0.344 e. The van der Waals surface area contributed by atoms with Crippen molar-refractivity contribution in [2.45, 2.75) is 50.3 Å². The van der Waals surface area contributed by atoms with E-state index in [0.29, 0.717) is 29.7 Å². The molecule has 4 amide bonds. The summed E-state index contributed by atoms with van der Waals surface area (Å²) in [5, 5.41) is 2.99. The first-order valence-electron chi connectivity index (χ1n) is 14.8. The summed E-state index contributed by atoms with van der Waals surface area (Å²) in [5.74, 6) is 0.491. The Morgan fingerprint density at radius 2 is 1.38 bits per heavy atom. The number of piperidine rings is 1. The molecule has 0 radical (unpaired) electrons. The minimum absolute atomic E-state index is 0.0130. The highest BCUT2D eigenvalue weighted by molar-refractivity contribution is 7.98. The van der Waals surface area contributed by atoms with Crippen molar-refractivity contribution >= 4 is 35.4 Å². The van der Waals surface area contributed by atoms with E-state index in [1.165, 1.54) is 16.0 Å². The van der Waals surface area contributed by atoms with Crippen LogP contribution < -0.4 is 5.32 Å². The first kappa shape index (κ1) is 29.6. The van der Waals surface area contributed by atoms with Crippen molar-refractivity contribution in [3.63, 3.8) is 0 Å². The van der Waals surface area contributed by atoms with Crippen molar-refractivity contribution < 1.29 is 19.2 Å². The monoisotopic (exact) mass is 583 g/mol. The third-order valence-electron chi connectivity index (χ3n) is 7.83. The van der Waals surface area contributed by atoms with Crippen molar-refractivity contribution in [2.75, 3.05) is 25.4 Å². The van der Waals surface area contributed by atoms with Gasteiger partial charge in [0.05, 0.1) is 11.1 Å². The Hall–Kier alpha value is -3.91. The Labute approximate surface area is 251 Å². The van der Waals surface area contributed by atoms with Gasteiger partial charge in [-0.05, 0) is 60.9 Å². The number of hydrogen-bond acceptors (Lipinski definition) is 5. The van der Waals surface area contributed by atoms with E-state index in [2.05, 4.69) is 41.7 Å². The Kier molecular flexibility index (Phi) is 10.1. The van der Waals surface area contributed by atoms with Crippen LogP contribution in [0, 0.1) is 0 Å². The summed E-state index contributed by atoms with van der Waals surface area (Å²) in [6, 6.07) is 25.0. The summed E-state index contributed by atoms with van der Waals surface area (Å²) in [7, 11) is 0. The van der Waals surface area contributed by atoms with Gasteiger partial charge in [0.15, 0.2) is 0 Å². The molecule has 2 aliphatic rings. The Morgan fingerprint density at radius 1 is 0.762 bits per heavy atom. The molecule has 2 aliphatic heterocycles. The van der Waals surface area contributed by atoms with Crippen LogP contribution in [0.15, 0.2) is 78.9 Å². The zero-order chi connectivity index (χ0) is 29.3. The third kappa shape index (κ3) is 7.29. The van der Waals surface area contributed by atoms with Crippen LogP contribution in [-0.4, -0.2) is 64.9 Å². The molecule has 0 spiro atoms. The molecule has 3 aromatic rings. The molecule has 1 N–H and O–H groups in total. The first-order chi connectivity index (χ1) is 20.5. The topological polar surface area (TPSA) is 86.8 Å². The summed E-state index contributed by atoms with van der Waals surface area (Å²) < 4.78 is 0. The van der Waals surface area contributed by atoms with Crippen LogP contribution in [0.25, 0.3) is 11.1 Å². The summed E-state index contributed by atoms with van der Waals surface area (Å²) in [5.41, 5.74) is 4.38. The Bertz CT molecular complexity index is 1370. The normalized spacial score (nSPS) is 15.4. The van der Waals surface area contributed by atoms with Gasteiger partial charge in [0, 0.05) is 37.6 Å². The quantitative estimate of drug-likeness (QED) is 0.223. The minimum Gasteiger partial charge on any atom is -0.344 e. The predicted molar refractivity (Wildman–Crippen MR) is 166 cm³/mol. The van der Waals surface area contributed by atoms with Gasteiger partial charge in [0.25, 0.3) is 11.8 Å². The number of fused-ring (bicyclic) bond motifs is 1. The number of imide groups is 1. The molecule has 1 fully saturated rings. The molecular formula is C34H37N3O4S. The fraction of sp³-hybridized carbons (Fsp3) is 0.353. The molecule has 5 rings (SSSR count). The number of benzene rings is 3. The maximum Gasteiger partial charge on any atom is 0.261 e. The zero-order valence-electron chi connectivity index (χ0n) is 23.8. The number of unbranched alkanes of at least 4 members (excludes halogenated alkanes) is 1. The van der Waals surface area contributed by atoms with Gasteiger partial charge < -0.3 is 10.2 Å². The molecule has 0 saturated carbocycles. The Morgan fingerprint density at radius 3 is 2.05 bits per heavy atom. The number of hydrogen-bond donors (Lipinski definition) is 1. The van der Waals surface area contributed by atoms with Gasteiger partial charge in [-0.25, -0.2) is 0 Å². The van der Waals surface area contributed by atoms with E-state index < -0.39 is 6.04 Å². The molecule has 1 atom stereocenters. The third-order valence-corrected chi connectivity index (χ3v) is 8.94. The number of thioether (sulfide) groups is 1. The number of carbonyl (C=O) groups is 4. The van der Waals surface area contributed by atoms with Crippen molar-refractivity contribution in [2.24, 2.45) is 0 Å². The van der Waals surface area contributed by atoms with Crippen molar-refractivity contribution in [3.8, 4) is 11.1 Å².